The average molecular weight is 231 g/mol. The van der Waals surface area contributed by atoms with Crippen molar-refractivity contribution in [3.05, 3.63) is 29.5 Å². The maximum absolute atomic E-state index is 11.4. The van der Waals surface area contributed by atoms with Crippen LogP contribution >= 0.6 is 0 Å². The Hall–Kier alpha value is -1.84. The first-order valence-corrected chi connectivity index (χ1v) is 5.69. The van der Waals surface area contributed by atoms with E-state index in [-0.39, 0.29) is 11.6 Å². The molecule has 2 heterocycles. The molecule has 1 saturated carbocycles. The van der Waals surface area contributed by atoms with Gasteiger partial charge in [-0.2, -0.15) is 0 Å². The molecular weight excluding hydrogens is 218 g/mol. The van der Waals surface area contributed by atoms with Gasteiger partial charge in [0.15, 0.2) is 0 Å². The fourth-order valence-corrected chi connectivity index (χ4v) is 2.17. The molecule has 3 rings (SSSR count). The minimum Gasteiger partial charge on any atom is -0.466 e. The first-order chi connectivity index (χ1) is 8.22. The highest BCUT2D eigenvalue weighted by Crippen LogP contribution is 2.41. The van der Waals surface area contributed by atoms with Crippen molar-refractivity contribution in [2.45, 2.75) is 24.9 Å². The molecule has 17 heavy (non-hydrogen) atoms. The molecule has 0 atom stereocenters. The van der Waals surface area contributed by atoms with Crippen molar-refractivity contribution < 1.29 is 14.3 Å². The number of methoxy groups -OCH3 is 1. The minimum absolute atomic E-state index is 0.132. The van der Waals surface area contributed by atoms with Crippen molar-refractivity contribution in [3.63, 3.8) is 0 Å². The maximum Gasteiger partial charge on any atom is 0.339 e. The molecule has 2 aliphatic rings. The van der Waals surface area contributed by atoms with Crippen LogP contribution < -0.4 is 4.74 Å². The highest BCUT2D eigenvalue weighted by atomic mass is 16.5. The van der Waals surface area contributed by atoms with Gasteiger partial charge < -0.3 is 9.47 Å². The van der Waals surface area contributed by atoms with Crippen LogP contribution in [0, 0.1) is 0 Å². The summed E-state index contributed by atoms with van der Waals surface area (Å²) in [6, 6.07) is 1.75. The number of ether oxygens (including phenoxy) is 2. The van der Waals surface area contributed by atoms with Gasteiger partial charge in [-0.15, -0.1) is 0 Å². The minimum atomic E-state index is -0.377. The summed E-state index contributed by atoms with van der Waals surface area (Å²) in [6.45, 7) is 0. The second-order valence-electron chi connectivity index (χ2n) is 4.46. The molecule has 1 spiro atoms. The number of aromatic nitrogens is 1. The molecule has 0 radical (unpaired) electrons. The quantitative estimate of drug-likeness (QED) is 0.695. The Morgan fingerprint density at radius 3 is 3.00 bits per heavy atom. The van der Waals surface area contributed by atoms with E-state index in [2.05, 4.69) is 15.8 Å². The molecule has 0 aromatic carbocycles. The second kappa shape index (κ2) is 3.58. The third kappa shape index (κ3) is 1.60. The molecule has 0 unspecified atom stereocenters. The molecule has 1 aliphatic heterocycles. The lowest BCUT2D eigenvalue weighted by Gasteiger charge is -2.41. The molecule has 88 valence electrons. The van der Waals surface area contributed by atoms with Crippen molar-refractivity contribution in [1.82, 2.24) is 4.98 Å². The fraction of sp³-hybridized carbons (Fsp3) is 0.385. The number of pyridine rings is 1. The second-order valence-corrected chi connectivity index (χ2v) is 4.46. The van der Waals surface area contributed by atoms with Gasteiger partial charge in [-0.25, -0.2) is 9.78 Å². The number of fused-ring (bicyclic) bond motifs is 1. The lowest BCUT2D eigenvalue weighted by Crippen LogP contribution is -2.42. The van der Waals surface area contributed by atoms with Gasteiger partial charge in [-0.05, 0) is 37.5 Å². The van der Waals surface area contributed by atoms with Gasteiger partial charge in [0.2, 0.25) is 5.88 Å². The zero-order chi connectivity index (χ0) is 11.9. The van der Waals surface area contributed by atoms with E-state index in [1.807, 2.05) is 6.08 Å². The summed E-state index contributed by atoms with van der Waals surface area (Å²) in [4.78, 5) is 15.6. The number of esters is 1. The molecule has 0 N–H and O–H groups in total. The molecule has 1 fully saturated rings. The summed E-state index contributed by atoms with van der Waals surface area (Å²) in [5.41, 5.74) is 1.15. The first-order valence-electron chi connectivity index (χ1n) is 5.69. The van der Waals surface area contributed by atoms with Crippen molar-refractivity contribution in [2.24, 2.45) is 0 Å². The van der Waals surface area contributed by atoms with Crippen LogP contribution in [-0.4, -0.2) is 23.7 Å². The normalized spacial score (nSPS) is 19.1. The Labute approximate surface area is 99.3 Å². The van der Waals surface area contributed by atoms with Crippen LogP contribution in [0.1, 0.15) is 35.2 Å². The fourth-order valence-electron chi connectivity index (χ4n) is 2.17. The van der Waals surface area contributed by atoms with Crippen LogP contribution in [0.25, 0.3) is 6.08 Å². The number of carbonyl (C=O) groups excluding carboxylic acids is 1. The van der Waals surface area contributed by atoms with Gasteiger partial charge in [0.1, 0.15) is 5.60 Å². The van der Waals surface area contributed by atoms with Gasteiger partial charge in [0, 0.05) is 11.8 Å². The molecule has 1 aromatic rings. The monoisotopic (exact) mass is 231 g/mol. The Balaban J connectivity index is 1.94. The Morgan fingerprint density at radius 1 is 1.53 bits per heavy atom. The Bertz CT molecular complexity index is 503. The predicted octanol–water partition coefficient (Wildman–Crippen LogP) is 2.20. The number of nitrogens with zero attached hydrogens (tertiary/aromatic N) is 1. The largest absolute Gasteiger partial charge is 0.466 e. The predicted molar refractivity (Wildman–Crippen MR) is 61.8 cm³/mol. The number of hydrogen-bond acceptors (Lipinski definition) is 4. The number of hydrogen-bond donors (Lipinski definition) is 0. The van der Waals surface area contributed by atoms with Crippen molar-refractivity contribution in [1.29, 1.82) is 0 Å². The molecule has 0 amide bonds. The van der Waals surface area contributed by atoms with Gasteiger partial charge in [-0.3, -0.25) is 0 Å². The van der Waals surface area contributed by atoms with E-state index in [4.69, 9.17) is 4.74 Å². The first kappa shape index (κ1) is 10.3. The van der Waals surface area contributed by atoms with Crippen LogP contribution in [0.3, 0.4) is 0 Å². The third-order valence-corrected chi connectivity index (χ3v) is 3.37. The van der Waals surface area contributed by atoms with Crippen LogP contribution in [0.5, 0.6) is 5.88 Å². The van der Waals surface area contributed by atoms with E-state index in [9.17, 15) is 4.79 Å². The van der Waals surface area contributed by atoms with Gasteiger partial charge in [0.05, 0.1) is 12.7 Å². The Morgan fingerprint density at radius 2 is 2.35 bits per heavy atom. The van der Waals surface area contributed by atoms with Crippen LogP contribution in [0.4, 0.5) is 0 Å². The highest BCUT2D eigenvalue weighted by molar-refractivity contribution is 5.90. The van der Waals surface area contributed by atoms with E-state index >= 15 is 0 Å². The summed E-state index contributed by atoms with van der Waals surface area (Å²) >= 11 is 0. The van der Waals surface area contributed by atoms with E-state index in [1.54, 1.807) is 6.07 Å². The third-order valence-electron chi connectivity index (χ3n) is 3.37. The molecule has 0 saturated heterocycles. The van der Waals surface area contributed by atoms with E-state index < -0.39 is 0 Å². The smallest absolute Gasteiger partial charge is 0.339 e. The summed E-state index contributed by atoms with van der Waals surface area (Å²) in [5, 5.41) is 0. The van der Waals surface area contributed by atoms with Gasteiger partial charge in [-0.1, -0.05) is 0 Å². The highest BCUT2D eigenvalue weighted by Gasteiger charge is 2.39. The number of carbonyl (C=O) groups is 1. The van der Waals surface area contributed by atoms with Crippen molar-refractivity contribution in [2.75, 3.05) is 7.11 Å². The van der Waals surface area contributed by atoms with E-state index in [0.29, 0.717) is 11.4 Å². The van der Waals surface area contributed by atoms with Crippen molar-refractivity contribution >= 4 is 12.0 Å². The van der Waals surface area contributed by atoms with Crippen LogP contribution in [-0.2, 0) is 4.74 Å². The Kier molecular flexibility index (Phi) is 2.18. The summed E-state index contributed by atoms with van der Waals surface area (Å²) in [5.74, 6) is 0.234. The molecule has 4 nitrogen and oxygen atoms in total. The molecule has 1 aromatic heterocycles. The lowest BCUT2D eigenvalue weighted by molar-refractivity contribution is 0.0336. The lowest BCUT2D eigenvalue weighted by atomic mass is 9.78. The average Bonchev–Trinajstić information content (AvgIpc) is 2.34. The van der Waals surface area contributed by atoms with Crippen LogP contribution in [0.15, 0.2) is 18.3 Å². The standard InChI is InChI=1S/C13H13NO3/c1-16-12(15)10-7-9-3-6-13(4-2-5-13)17-11(9)14-8-10/h3,6-8H,2,4-5H2,1H3. The summed E-state index contributed by atoms with van der Waals surface area (Å²) < 4.78 is 10.5. The SMILES string of the molecule is COC(=O)c1cnc2c(c1)C=CC1(CCC1)O2. The van der Waals surface area contributed by atoms with Crippen LogP contribution in [0.2, 0.25) is 0 Å². The summed E-state index contributed by atoms with van der Waals surface area (Å²) in [7, 11) is 1.36. The molecule has 0 bridgehead atoms. The van der Waals surface area contributed by atoms with Crippen molar-refractivity contribution in [3.8, 4) is 5.88 Å². The number of rotatable bonds is 1. The molecular formula is C13H13NO3. The molecule has 4 heteroatoms. The van der Waals surface area contributed by atoms with E-state index in [0.717, 1.165) is 18.4 Å². The topological polar surface area (TPSA) is 48.4 Å². The van der Waals surface area contributed by atoms with Gasteiger partial charge >= 0.3 is 5.97 Å². The summed E-state index contributed by atoms with van der Waals surface area (Å²) in [6.07, 6.45) is 8.84. The zero-order valence-corrected chi connectivity index (χ0v) is 9.60. The van der Waals surface area contributed by atoms with Gasteiger partial charge in [0.25, 0.3) is 0 Å². The van der Waals surface area contributed by atoms with E-state index in [1.165, 1.54) is 19.7 Å². The molecule has 1 aliphatic carbocycles. The zero-order valence-electron chi connectivity index (χ0n) is 9.60. The maximum atomic E-state index is 11.4.